The first-order chi connectivity index (χ1) is 15.8. The Hall–Kier alpha value is -4.21. The molecule has 1 atom stereocenters. The zero-order chi connectivity index (χ0) is 24.1. The lowest BCUT2D eigenvalue weighted by Gasteiger charge is -2.13. The van der Waals surface area contributed by atoms with Crippen molar-refractivity contribution in [2.45, 2.75) is 13.0 Å². The maximum atomic E-state index is 12.8. The molecule has 3 rings (SSSR count). The van der Waals surface area contributed by atoms with Crippen molar-refractivity contribution < 1.29 is 43.2 Å². The van der Waals surface area contributed by atoms with Crippen LogP contribution in [-0.4, -0.2) is 56.7 Å². The second-order valence-electron chi connectivity index (χ2n) is 6.97. The molecule has 1 amide bonds. The van der Waals surface area contributed by atoms with Gasteiger partial charge in [-0.3, -0.25) is 14.4 Å². The predicted octanol–water partition coefficient (Wildman–Crippen LogP) is 2.30. The van der Waals surface area contributed by atoms with Crippen LogP contribution in [0.2, 0.25) is 0 Å². The molecule has 0 radical (unpaired) electrons. The number of ketones is 1. The van der Waals surface area contributed by atoms with Crippen molar-refractivity contribution >= 4 is 23.7 Å². The Kier molecular flexibility index (Phi) is 7.07. The van der Waals surface area contributed by atoms with Gasteiger partial charge in [0.15, 0.2) is 23.9 Å². The van der Waals surface area contributed by atoms with Gasteiger partial charge in [0, 0.05) is 6.07 Å². The van der Waals surface area contributed by atoms with Crippen molar-refractivity contribution in [3.8, 4) is 28.7 Å². The standard InChI is InChI=1S/C23H23NO9/c1-12(23(27)28)24-20(25)11-32-14-5-6-15-16(10-14)33-17(21(15)26)7-13-8-18(29-2)22(31-4)19(9-13)30-3/h5-10,12H,11H2,1-4H3,(H,24,25)(H,27,28)/b17-7-/t12-/m1/s1. The van der Waals surface area contributed by atoms with Crippen molar-refractivity contribution in [2.24, 2.45) is 0 Å². The van der Waals surface area contributed by atoms with Crippen LogP contribution >= 0.6 is 0 Å². The zero-order valence-corrected chi connectivity index (χ0v) is 18.5. The van der Waals surface area contributed by atoms with E-state index in [2.05, 4.69) is 5.32 Å². The largest absolute Gasteiger partial charge is 0.493 e. The van der Waals surface area contributed by atoms with Gasteiger partial charge in [-0.15, -0.1) is 0 Å². The Labute approximate surface area is 189 Å². The molecule has 1 aliphatic rings. The van der Waals surface area contributed by atoms with E-state index in [-0.39, 0.29) is 23.0 Å². The van der Waals surface area contributed by atoms with Gasteiger partial charge in [-0.25, -0.2) is 0 Å². The maximum Gasteiger partial charge on any atom is 0.325 e. The van der Waals surface area contributed by atoms with E-state index in [9.17, 15) is 14.4 Å². The SMILES string of the molecule is COc1cc(/C=C2\Oc3cc(OCC(=O)N[C@H](C)C(=O)O)ccc3C2=O)cc(OC)c1OC. The van der Waals surface area contributed by atoms with E-state index in [1.807, 2.05) is 0 Å². The van der Waals surface area contributed by atoms with E-state index in [4.69, 9.17) is 28.8 Å². The van der Waals surface area contributed by atoms with Crippen molar-refractivity contribution in [1.82, 2.24) is 5.32 Å². The smallest absolute Gasteiger partial charge is 0.325 e. The molecule has 0 saturated carbocycles. The molecule has 0 spiro atoms. The van der Waals surface area contributed by atoms with E-state index >= 15 is 0 Å². The molecule has 0 fully saturated rings. The second-order valence-corrected chi connectivity index (χ2v) is 6.97. The number of carboxylic acids is 1. The fourth-order valence-electron chi connectivity index (χ4n) is 3.09. The van der Waals surface area contributed by atoms with E-state index in [1.54, 1.807) is 18.2 Å². The number of rotatable bonds is 9. The van der Waals surface area contributed by atoms with Crippen molar-refractivity contribution in [2.75, 3.05) is 27.9 Å². The number of ether oxygens (including phenoxy) is 5. The van der Waals surface area contributed by atoms with E-state index in [1.165, 1.54) is 46.5 Å². The fraction of sp³-hybridized carbons (Fsp3) is 0.261. The number of fused-ring (bicyclic) bond motifs is 1. The minimum Gasteiger partial charge on any atom is -0.493 e. The first-order valence-corrected chi connectivity index (χ1v) is 9.80. The number of Topliss-reactive ketones (excluding diaryl/α,β-unsaturated/α-hetero) is 1. The highest BCUT2D eigenvalue weighted by Gasteiger charge is 2.28. The normalized spacial score (nSPS) is 14.2. The van der Waals surface area contributed by atoms with Crippen LogP contribution in [0.1, 0.15) is 22.8 Å². The molecule has 1 heterocycles. The summed E-state index contributed by atoms with van der Waals surface area (Å²) in [4.78, 5) is 35.4. The molecule has 174 valence electrons. The molecule has 0 aliphatic carbocycles. The Bertz CT molecular complexity index is 1100. The third-order valence-corrected chi connectivity index (χ3v) is 4.74. The van der Waals surface area contributed by atoms with Crippen LogP contribution in [0.5, 0.6) is 28.7 Å². The number of carbonyl (C=O) groups excluding carboxylic acids is 2. The van der Waals surface area contributed by atoms with Crippen molar-refractivity contribution in [3.05, 3.63) is 47.2 Å². The predicted molar refractivity (Wildman–Crippen MR) is 116 cm³/mol. The van der Waals surface area contributed by atoms with Gasteiger partial charge in [0.2, 0.25) is 11.5 Å². The summed E-state index contributed by atoms with van der Waals surface area (Å²) in [6, 6.07) is 6.86. The number of hydrogen-bond acceptors (Lipinski definition) is 8. The number of amides is 1. The van der Waals surface area contributed by atoms with Gasteiger partial charge in [0.05, 0.1) is 26.9 Å². The number of carbonyl (C=O) groups is 3. The lowest BCUT2D eigenvalue weighted by atomic mass is 10.1. The summed E-state index contributed by atoms with van der Waals surface area (Å²) in [5.74, 6) is -0.139. The summed E-state index contributed by atoms with van der Waals surface area (Å²) in [6.07, 6.45) is 1.55. The van der Waals surface area contributed by atoms with E-state index < -0.39 is 24.5 Å². The number of carboxylic acid groups (broad SMARTS) is 1. The van der Waals surface area contributed by atoms with E-state index in [0.717, 1.165) is 0 Å². The molecule has 0 saturated heterocycles. The lowest BCUT2D eigenvalue weighted by Crippen LogP contribution is -2.40. The Morgan fingerprint density at radius 2 is 1.76 bits per heavy atom. The number of aliphatic carboxylic acids is 1. The van der Waals surface area contributed by atoms with Crippen LogP contribution < -0.4 is 29.0 Å². The summed E-state index contributed by atoms with van der Waals surface area (Å²) in [5.41, 5.74) is 0.936. The van der Waals surface area contributed by atoms with Crippen LogP contribution in [0.4, 0.5) is 0 Å². The Morgan fingerprint density at radius 1 is 1.09 bits per heavy atom. The van der Waals surface area contributed by atoms with Crippen LogP contribution in [0.3, 0.4) is 0 Å². The molecule has 2 N–H and O–H groups in total. The fourth-order valence-corrected chi connectivity index (χ4v) is 3.09. The average Bonchev–Trinajstić information content (AvgIpc) is 3.11. The molecule has 2 aromatic rings. The second kappa shape index (κ2) is 9.94. The maximum absolute atomic E-state index is 12.8. The van der Waals surface area contributed by atoms with Gasteiger partial charge in [-0.05, 0) is 42.8 Å². The number of hydrogen-bond donors (Lipinski definition) is 2. The van der Waals surface area contributed by atoms with Gasteiger partial charge in [-0.1, -0.05) is 0 Å². The molecule has 2 aromatic carbocycles. The minimum absolute atomic E-state index is 0.0875. The quantitative estimate of drug-likeness (QED) is 0.545. The van der Waals surface area contributed by atoms with Crippen molar-refractivity contribution in [1.29, 1.82) is 0 Å². The van der Waals surface area contributed by atoms with E-state index in [0.29, 0.717) is 28.4 Å². The topological polar surface area (TPSA) is 130 Å². The van der Waals surface area contributed by atoms with Crippen LogP contribution in [-0.2, 0) is 9.59 Å². The molecule has 0 bridgehead atoms. The highest BCUT2D eigenvalue weighted by molar-refractivity contribution is 6.14. The van der Waals surface area contributed by atoms with Crippen LogP contribution in [0.15, 0.2) is 36.1 Å². The summed E-state index contributed by atoms with van der Waals surface area (Å²) >= 11 is 0. The number of nitrogens with one attached hydrogen (secondary N) is 1. The number of methoxy groups -OCH3 is 3. The molecule has 0 unspecified atom stereocenters. The summed E-state index contributed by atoms with van der Waals surface area (Å²) < 4.78 is 27.1. The van der Waals surface area contributed by atoms with Gasteiger partial charge < -0.3 is 34.1 Å². The highest BCUT2D eigenvalue weighted by Crippen LogP contribution is 2.40. The van der Waals surface area contributed by atoms with Crippen LogP contribution in [0.25, 0.3) is 6.08 Å². The van der Waals surface area contributed by atoms with Gasteiger partial charge in [0.1, 0.15) is 17.5 Å². The summed E-state index contributed by atoms with van der Waals surface area (Å²) in [6.45, 7) is 0.954. The molecular formula is C23H23NO9. The molecule has 10 nitrogen and oxygen atoms in total. The Morgan fingerprint density at radius 3 is 2.33 bits per heavy atom. The van der Waals surface area contributed by atoms with Gasteiger partial charge in [0.25, 0.3) is 5.91 Å². The molecule has 10 heteroatoms. The van der Waals surface area contributed by atoms with Gasteiger partial charge in [-0.2, -0.15) is 0 Å². The third-order valence-electron chi connectivity index (χ3n) is 4.74. The van der Waals surface area contributed by atoms with Crippen molar-refractivity contribution in [3.63, 3.8) is 0 Å². The van der Waals surface area contributed by atoms with Gasteiger partial charge >= 0.3 is 5.97 Å². The molecule has 1 aliphatic heterocycles. The first kappa shape index (κ1) is 23.5. The zero-order valence-electron chi connectivity index (χ0n) is 18.5. The Balaban J connectivity index is 1.76. The molecule has 0 aromatic heterocycles. The third kappa shape index (κ3) is 5.17. The number of allylic oxidation sites excluding steroid dienone is 1. The monoisotopic (exact) mass is 457 g/mol. The summed E-state index contributed by atoms with van der Waals surface area (Å²) in [7, 11) is 4.48. The highest BCUT2D eigenvalue weighted by atomic mass is 16.5. The number of benzene rings is 2. The first-order valence-electron chi connectivity index (χ1n) is 9.80. The summed E-state index contributed by atoms with van der Waals surface area (Å²) in [5, 5.41) is 11.1. The molecule has 33 heavy (non-hydrogen) atoms. The molecular weight excluding hydrogens is 434 g/mol. The average molecular weight is 457 g/mol. The minimum atomic E-state index is -1.15. The van der Waals surface area contributed by atoms with Crippen LogP contribution in [0, 0.1) is 0 Å². The lowest BCUT2D eigenvalue weighted by molar-refractivity contribution is -0.141.